The number of carbonyl (C=O) groups is 2. The van der Waals surface area contributed by atoms with Crippen molar-refractivity contribution >= 4 is 23.5 Å². The van der Waals surface area contributed by atoms with Crippen molar-refractivity contribution in [3.05, 3.63) is 88.2 Å². The van der Waals surface area contributed by atoms with Crippen LogP contribution in [0.4, 0.5) is 0 Å². The van der Waals surface area contributed by atoms with Gasteiger partial charge in [-0.2, -0.15) is 0 Å². The Kier molecular flexibility index (Phi) is 8.55. The second-order valence-electron chi connectivity index (χ2n) is 7.34. The molecule has 0 saturated carbocycles. The molecule has 0 bridgehead atoms. The topological polar surface area (TPSA) is 65.1 Å². The monoisotopic (exact) mass is 469 g/mol. The molecule has 1 aliphatic rings. The third-order valence-corrected chi connectivity index (χ3v) is 5.31. The Hall–Kier alpha value is -3.25. The lowest BCUT2D eigenvalue weighted by Gasteiger charge is -2.30. The lowest BCUT2D eigenvalue weighted by atomic mass is 9.83. The standard InChI is InChI=1S/C26H28ClNO5/c1-4-31-21-13-9-19(10-14-21)24-22(25(29)32-5-2)16-28(17-23(24)26(30)33-6-3)15-18-7-11-20(27)12-8-18/h7-14,16-17,24H,4-6,15H2,1-3H3. The maximum Gasteiger partial charge on any atom is 0.336 e. The Morgan fingerprint density at radius 1 is 0.818 bits per heavy atom. The van der Waals surface area contributed by atoms with Crippen molar-refractivity contribution in [1.82, 2.24) is 4.90 Å². The summed E-state index contributed by atoms with van der Waals surface area (Å²) < 4.78 is 16.2. The molecule has 6 nitrogen and oxygen atoms in total. The summed E-state index contributed by atoms with van der Waals surface area (Å²) in [5, 5.41) is 0.637. The number of benzene rings is 2. The zero-order chi connectivity index (χ0) is 23.8. The first-order valence-corrected chi connectivity index (χ1v) is 11.3. The largest absolute Gasteiger partial charge is 0.494 e. The quantitative estimate of drug-likeness (QED) is 0.468. The van der Waals surface area contributed by atoms with E-state index in [2.05, 4.69) is 0 Å². The zero-order valence-electron chi connectivity index (χ0n) is 19.0. The first kappa shape index (κ1) is 24.4. The van der Waals surface area contributed by atoms with Crippen LogP contribution in [0.5, 0.6) is 5.75 Å². The molecule has 2 aromatic carbocycles. The van der Waals surface area contributed by atoms with Gasteiger partial charge in [-0.05, 0) is 56.2 Å². The first-order valence-electron chi connectivity index (χ1n) is 11.0. The molecule has 0 atom stereocenters. The Morgan fingerprint density at radius 3 is 1.85 bits per heavy atom. The van der Waals surface area contributed by atoms with E-state index in [-0.39, 0.29) is 13.2 Å². The number of halogens is 1. The highest BCUT2D eigenvalue weighted by Gasteiger charge is 2.35. The number of hydrogen-bond donors (Lipinski definition) is 0. The van der Waals surface area contributed by atoms with E-state index in [1.165, 1.54) is 0 Å². The van der Waals surface area contributed by atoms with E-state index in [0.29, 0.717) is 35.1 Å². The Morgan fingerprint density at radius 2 is 1.36 bits per heavy atom. The molecular formula is C26H28ClNO5. The minimum absolute atomic E-state index is 0.224. The van der Waals surface area contributed by atoms with Crippen LogP contribution in [-0.4, -0.2) is 36.7 Å². The first-order chi connectivity index (χ1) is 16.0. The molecule has 1 aliphatic heterocycles. The molecule has 33 heavy (non-hydrogen) atoms. The number of nitrogens with zero attached hydrogens (tertiary/aromatic N) is 1. The van der Waals surface area contributed by atoms with E-state index in [1.54, 1.807) is 43.3 Å². The lowest BCUT2D eigenvalue weighted by molar-refractivity contribution is -0.139. The molecule has 0 radical (unpaired) electrons. The molecule has 7 heteroatoms. The summed E-state index contributed by atoms with van der Waals surface area (Å²) in [4.78, 5) is 27.8. The number of esters is 2. The summed E-state index contributed by atoms with van der Waals surface area (Å²) in [5.41, 5.74) is 2.46. The van der Waals surface area contributed by atoms with Crippen LogP contribution in [0.15, 0.2) is 72.1 Å². The van der Waals surface area contributed by atoms with Gasteiger partial charge in [-0.15, -0.1) is 0 Å². The second-order valence-corrected chi connectivity index (χ2v) is 7.78. The number of ether oxygens (including phenoxy) is 3. The van der Waals surface area contributed by atoms with Gasteiger partial charge in [0.2, 0.25) is 0 Å². The lowest BCUT2D eigenvalue weighted by Crippen LogP contribution is -2.29. The van der Waals surface area contributed by atoms with E-state index >= 15 is 0 Å². The predicted octanol–water partition coefficient (Wildman–Crippen LogP) is 5.23. The number of carbonyl (C=O) groups excluding carboxylic acids is 2. The van der Waals surface area contributed by atoms with Gasteiger partial charge in [0.05, 0.1) is 36.9 Å². The number of hydrogen-bond acceptors (Lipinski definition) is 6. The van der Waals surface area contributed by atoms with Crippen LogP contribution in [0.3, 0.4) is 0 Å². The summed E-state index contributed by atoms with van der Waals surface area (Å²) >= 11 is 6.00. The Labute approximate surface area is 199 Å². The van der Waals surface area contributed by atoms with Crippen molar-refractivity contribution in [1.29, 1.82) is 0 Å². The average molecular weight is 470 g/mol. The maximum absolute atomic E-state index is 13.0. The van der Waals surface area contributed by atoms with Gasteiger partial charge in [0.15, 0.2) is 0 Å². The molecule has 0 amide bonds. The molecule has 0 aliphatic carbocycles. The molecule has 0 N–H and O–H groups in total. The fourth-order valence-corrected chi connectivity index (χ4v) is 3.78. The van der Waals surface area contributed by atoms with E-state index < -0.39 is 17.9 Å². The molecular weight excluding hydrogens is 442 g/mol. The van der Waals surface area contributed by atoms with Crippen molar-refractivity contribution in [3.8, 4) is 5.75 Å². The second kappa shape index (κ2) is 11.6. The zero-order valence-corrected chi connectivity index (χ0v) is 19.8. The maximum atomic E-state index is 13.0. The molecule has 2 aromatic rings. The van der Waals surface area contributed by atoms with Gasteiger partial charge >= 0.3 is 11.9 Å². The highest BCUT2D eigenvalue weighted by molar-refractivity contribution is 6.30. The third-order valence-electron chi connectivity index (χ3n) is 5.06. The van der Waals surface area contributed by atoms with E-state index in [1.807, 2.05) is 43.3 Å². The minimum Gasteiger partial charge on any atom is -0.494 e. The summed E-state index contributed by atoms with van der Waals surface area (Å²) in [6.45, 7) is 6.85. The summed E-state index contributed by atoms with van der Waals surface area (Å²) in [7, 11) is 0. The van der Waals surface area contributed by atoms with Crippen LogP contribution in [0.25, 0.3) is 0 Å². The van der Waals surface area contributed by atoms with Crippen LogP contribution in [0.2, 0.25) is 5.02 Å². The molecule has 0 aromatic heterocycles. The van der Waals surface area contributed by atoms with E-state index in [9.17, 15) is 9.59 Å². The number of rotatable bonds is 9. The minimum atomic E-state index is -0.625. The molecule has 0 unspecified atom stereocenters. The Balaban J connectivity index is 2.04. The van der Waals surface area contributed by atoms with Crippen LogP contribution < -0.4 is 4.74 Å². The van der Waals surface area contributed by atoms with Crippen molar-refractivity contribution in [2.75, 3.05) is 19.8 Å². The van der Waals surface area contributed by atoms with Crippen LogP contribution in [0, 0.1) is 0 Å². The fourth-order valence-electron chi connectivity index (χ4n) is 3.66. The summed E-state index contributed by atoms with van der Waals surface area (Å²) in [5.74, 6) is -0.871. The molecule has 0 spiro atoms. The van der Waals surface area contributed by atoms with Crippen molar-refractivity contribution in [2.24, 2.45) is 0 Å². The van der Waals surface area contributed by atoms with E-state index in [0.717, 1.165) is 11.1 Å². The normalized spacial score (nSPS) is 13.8. The van der Waals surface area contributed by atoms with Crippen molar-refractivity contribution in [2.45, 2.75) is 33.2 Å². The van der Waals surface area contributed by atoms with Gasteiger partial charge in [-0.1, -0.05) is 35.9 Å². The van der Waals surface area contributed by atoms with Crippen LogP contribution in [0.1, 0.15) is 37.8 Å². The van der Waals surface area contributed by atoms with Gasteiger partial charge in [0.1, 0.15) is 5.75 Å². The fraction of sp³-hybridized carbons (Fsp3) is 0.308. The SMILES string of the molecule is CCOC(=O)C1=CN(Cc2ccc(Cl)cc2)C=C(C(=O)OCC)C1c1ccc(OCC)cc1. The summed E-state index contributed by atoms with van der Waals surface area (Å²) in [6.07, 6.45) is 3.47. The van der Waals surface area contributed by atoms with Gasteiger partial charge in [0, 0.05) is 24.0 Å². The van der Waals surface area contributed by atoms with Crippen molar-refractivity contribution in [3.63, 3.8) is 0 Å². The molecule has 3 rings (SSSR count). The van der Waals surface area contributed by atoms with Crippen LogP contribution in [-0.2, 0) is 25.6 Å². The third kappa shape index (κ3) is 6.17. The van der Waals surface area contributed by atoms with E-state index in [4.69, 9.17) is 25.8 Å². The van der Waals surface area contributed by atoms with Crippen LogP contribution >= 0.6 is 11.6 Å². The van der Waals surface area contributed by atoms with Gasteiger partial charge in [-0.25, -0.2) is 9.59 Å². The van der Waals surface area contributed by atoms with Gasteiger partial charge < -0.3 is 19.1 Å². The van der Waals surface area contributed by atoms with Crippen molar-refractivity contribution < 1.29 is 23.8 Å². The smallest absolute Gasteiger partial charge is 0.336 e. The molecule has 0 saturated heterocycles. The molecule has 1 heterocycles. The van der Waals surface area contributed by atoms with Gasteiger partial charge in [-0.3, -0.25) is 0 Å². The highest BCUT2D eigenvalue weighted by atomic mass is 35.5. The molecule has 174 valence electrons. The van der Waals surface area contributed by atoms with Gasteiger partial charge in [0.25, 0.3) is 0 Å². The average Bonchev–Trinajstić information content (AvgIpc) is 2.81. The highest BCUT2D eigenvalue weighted by Crippen LogP contribution is 2.38. The molecule has 0 fully saturated rings. The summed E-state index contributed by atoms with van der Waals surface area (Å²) in [6, 6.07) is 14.8. The Bertz CT molecular complexity index is 992. The predicted molar refractivity (Wildman–Crippen MR) is 127 cm³/mol.